The summed E-state index contributed by atoms with van der Waals surface area (Å²) in [5.74, 6) is 0. The summed E-state index contributed by atoms with van der Waals surface area (Å²) in [6.45, 7) is 2.73. The normalized spacial score (nSPS) is 18.0. The van der Waals surface area contributed by atoms with Crippen LogP contribution in [-0.4, -0.2) is 25.4 Å². The van der Waals surface area contributed by atoms with Crippen LogP contribution in [-0.2, 0) is 11.3 Å². The summed E-state index contributed by atoms with van der Waals surface area (Å²) in [5.41, 5.74) is 3.81. The van der Waals surface area contributed by atoms with Crippen molar-refractivity contribution >= 4 is 11.8 Å². The fourth-order valence-electron chi connectivity index (χ4n) is 2.70. The van der Waals surface area contributed by atoms with Gasteiger partial charge in [-0.05, 0) is 48.0 Å². The van der Waals surface area contributed by atoms with Gasteiger partial charge in [-0.3, -0.25) is 0 Å². The SMILES string of the molecule is CSc1cccc(-c2ccccc2COC2CCNC2)c1. The molecule has 1 aliphatic heterocycles. The van der Waals surface area contributed by atoms with E-state index in [4.69, 9.17) is 4.74 Å². The second kappa shape index (κ2) is 7.12. The Kier molecular flexibility index (Phi) is 4.96. The maximum absolute atomic E-state index is 6.04. The van der Waals surface area contributed by atoms with E-state index in [-0.39, 0.29) is 0 Å². The standard InChI is InChI=1S/C18H21NOS/c1-21-17-7-4-6-14(11-17)18-8-3-2-5-15(18)13-20-16-9-10-19-12-16/h2-8,11,16,19H,9-10,12-13H2,1H3. The van der Waals surface area contributed by atoms with Gasteiger partial charge in [-0.15, -0.1) is 11.8 Å². The van der Waals surface area contributed by atoms with Crippen LogP contribution in [0.25, 0.3) is 11.1 Å². The second-order valence-electron chi connectivity index (χ2n) is 5.31. The summed E-state index contributed by atoms with van der Waals surface area (Å²) >= 11 is 1.78. The first-order valence-electron chi connectivity index (χ1n) is 7.41. The lowest BCUT2D eigenvalue weighted by atomic mass is 10.0. The molecular weight excluding hydrogens is 278 g/mol. The summed E-state index contributed by atoms with van der Waals surface area (Å²) in [7, 11) is 0. The Hall–Kier alpha value is -1.29. The molecule has 0 saturated carbocycles. The zero-order chi connectivity index (χ0) is 14.5. The average Bonchev–Trinajstić information content (AvgIpc) is 3.07. The van der Waals surface area contributed by atoms with Gasteiger partial charge in [0.05, 0.1) is 12.7 Å². The van der Waals surface area contributed by atoms with Gasteiger partial charge in [0, 0.05) is 11.4 Å². The lowest BCUT2D eigenvalue weighted by Crippen LogP contribution is -2.16. The van der Waals surface area contributed by atoms with Crippen LogP contribution in [0.4, 0.5) is 0 Å². The predicted octanol–water partition coefficient (Wildman–Crippen LogP) is 3.95. The van der Waals surface area contributed by atoms with Gasteiger partial charge in [-0.25, -0.2) is 0 Å². The summed E-state index contributed by atoms with van der Waals surface area (Å²) in [4.78, 5) is 1.29. The summed E-state index contributed by atoms with van der Waals surface area (Å²) in [6.07, 6.45) is 3.58. The molecule has 1 heterocycles. The monoisotopic (exact) mass is 299 g/mol. The molecule has 2 aromatic rings. The topological polar surface area (TPSA) is 21.3 Å². The van der Waals surface area contributed by atoms with Gasteiger partial charge in [-0.2, -0.15) is 0 Å². The first kappa shape index (κ1) is 14.6. The van der Waals surface area contributed by atoms with Gasteiger partial charge in [0.1, 0.15) is 0 Å². The van der Waals surface area contributed by atoms with Crippen LogP contribution in [0.2, 0.25) is 0 Å². The maximum Gasteiger partial charge on any atom is 0.0727 e. The number of hydrogen-bond donors (Lipinski definition) is 1. The number of hydrogen-bond acceptors (Lipinski definition) is 3. The molecule has 2 aromatic carbocycles. The molecule has 3 heteroatoms. The molecule has 110 valence electrons. The fraction of sp³-hybridized carbons (Fsp3) is 0.333. The highest BCUT2D eigenvalue weighted by molar-refractivity contribution is 7.98. The van der Waals surface area contributed by atoms with E-state index in [0.29, 0.717) is 12.7 Å². The van der Waals surface area contributed by atoms with Crippen LogP contribution in [0.5, 0.6) is 0 Å². The highest BCUT2D eigenvalue weighted by Crippen LogP contribution is 2.28. The van der Waals surface area contributed by atoms with Gasteiger partial charge in [0.15, 0.2) is 0 Å². The molecule has 3 rings (SSSR count). The van der Waals surface area contributed by atoms with Crippen molar-refractivity contribution in [1.82, 2.24) is 5.32 Å². The first-order chi connectivity index (χ1) is 10.4. The summed E-state index contributed by atoms with van der Waals surface area (Å²) < 4.78 is 6.04. The molecular formula is C18H21NOS. The molecule has 1 fully saturated rings. The lowest BCUT2D eigenvalue weighted by Gasteiger charge is -2.14. The molecule has 0 bridgehead atoms. The van der Waals surface area contributed by atoms with Gasteiger partial charge >= 0.3 is 0 Å². The van der Waals surface area contributed by atoms with Gasteiger partial charge in [0.2, 0.25) is 0 Å². The number of nitrogens with one attached hydrogen (secondary N) is 1. The second-order valence-corrected chi connectivity index (χ2v) is 6.19. The Morgan fingerprint density at radius 2 is 2.10 bits per heavy atom. The number of ether oxygens (including phenoxy) is 1. The number of benzene rings is 2. The Bertz CT molecular complexity index is 593. The quantitative estimate of drug-likeness (QED) is 0.845. The van der Waals surface area contributed by atoms with Crippen molar-refractivity contribution in [2.45, 2.75) is 24.0 Å². The van der Waals surface area contributed by atoms with Crippen LogP contribution in [0, 0.1) is 0 Å². The molecule has 1 unspecified atom stereocenters. The molecule has 0 aromatic heterocycles. The molecule has 0 amide bonds. The Labute approximate surface area is 130 Å². The van der Waals surface area contributed by atoms with E-state index in [0.717, 1.165) is 19.5 Å². The maximum atomic E-state index is 6.04. The zero-order valence-corrected chi connectivity index (χ0v) is 13.2. The van der Waals surface area contributed by atoms with Crippen LogP contribution >= 0.6 is 11.8 Å². The predicted molar refractivity (Wildman–Crippen MR) is 89.7 cm³/mol. The highest BCUT2D eigenvalue weighted by atomic mass is 32.2. The van der Waals surface area contributed by atoms with Crippen LogP contribution in [0.15, 0.2) is 53.4 Å². The molecule has 1 saturated heterocycles. The third kappa shape index (κ3) is 3.67. The zero-order valence-electron chi connectivity index (χ0n) is 12.3. The van der Waals surface area contributed by atoms with Crippen molar-refractivity contribution in [2.75, 3.05) is 19.3 Å². The van der Waals surface area contributed by atoms with Crippen molar-refractivity contribution in [1.29, 1.82) is 0 Å². The van der Waals surface area contributed by atoms with Crippen LogP contribution < -0.4 is 5.32 Å². The Balaban J connectivity index is 1.80. The van der Waals surface area contributed by atoms with E-state index in [1.54, 1.807) is 11.8 Å². The molecule has 0 spiro atoms. The van der Waals surface area contributed by atoms with E-state index in [1.807, 2.05) is 0 Å². The molecule has 1 N–H and O–H groups in total. The molecule has 1 atom stereocenters. The fourth-order valence-corrected chi connectivity index (χ4v) is 3.16. The summed E-state index contributed by atoms with van der Waals surface area (Å²) in [5, 5.41) is 3.34. The number of rotatable bonds is 5. The minimum atomic E-state index is 0.357. The Morgan fingerprint density at radius 1 is 1.19 bits per heavy atom. The van der Waals surface area contributed by atoms with Crippen molar-refractivity contribution in [3.63, 3.8) is 0 Å². The van der Waals surface area contributed by atoms with Crippen molar-refractivity contribution in [3.05, 3.63) is 54.1 Å². The minimum absolute atomic E-state index is 0.357. The van der Waals surface area contributed by atoms with E-state index in [1.165, 1.54) is 21.6 Å². The van der Waals surface area contributed by atoms with Crippen LogP contribution in [0.1, 0.15) is 12.0 Å². The molecule has 2 nitrogen and oxygen atoms in total. The van der Waals surface area contributed by atoms with Crippen molar-refractivity contribution in [2.24, 2.45) is 0 Å². The van der Waals surface area contributed by atoms with Crippen molar-refractivity contribution < 1.29 is 4.74 Å². The van der Waals surface area contributed by atoms with Gasteiger partial charge < -0.3 is 10.1 Å². The van der Waals surface area contributed by atoms with Gasteiger partial charge in [-0.1, -0.05) is 36.4 Å². The third-order valence-electron chi connectivity index (χ3n) is 3.89. The Morgan fingerprint density at radius 3 is 2.90 bits per heavy atom. The average molecular weight is 299 g/mol. The third-order valence-corrected chi connectivity index (χ3v) is 4.61. The molecule has 0 radical (unpaired) electrons. The number of thioether (sulfide) groups is 1. The molecule has 1 aliphatic rings. The first-order valence-corrected chi connectivity index (χ1v) is 8.64. The van der Waals surface area contributed by atoms with Gasteiger partial charge in [0.25, 0.3) is 0 Å². The molecule has 21 heavy (non-hydrogen) atoms. The smallest absolute Gasteiger partial charge is 0.0727 e. The summed E-state index contributed by atoms with van der Waals surface area (Å²) in [6, 6.07) is 17.2. The molecule has 0 aliphatic carbocycles. The highest BCUT2D eigenvalue weighted by Gasteiger charge is 2.15. The van der Waals surface area contributed by atoms with E-state index < -0.39 is 0 Å². The van der Waals surface area contributed by atoms with E-state index in [2.05, 4.69) is 60.1 Å². The minimum Gasteiger partial charge on any atom is -0.372 e. The van der Waals surface area contributed by atoms with E-state index in [9.17, 15) is 0 Å². The largest absolute Gasteiger partial charge is 0.372 e. The lowest BCUT2D eigenvalue weighted by molar-refractivity contribution is 0.0545. The van der Waals surface area contributed by atoms with Crippen molar-refractivity contribution in [3.8, 4) is 11.1 Å². The van der Waals surface area contributed by atoms with Crippen LogP contribution in [0.3, 0.4) is 0 Å². The van der Waals surface area contributed by atoms with E-state index >= 15 is 0 Å².